The normalized spacial score (nSPS) is 26.9. The van der Waals surface area contributed by atoms with Crippen LogP contribution in [0.5, 0.6) is 0 Å². The predicted molar refractivity (Wildman–Crippen MR) is 74.7 cm³/mol. The van der Waals surface area contributed by atoms with Gasteiger partial charge in [0.25, 0.3) is 0 Å². The molecular weight excluding hydrogens is 250 g/mol. The van der Waals surface area contributed by atoms with Gasteiger partial charge in [-0.3, -0.25) is 9.69 Å². The second kappa shape index (κ2) is 5.72. The summed E-state index contributed by atoms with van der Waals surface area (Å²) in [4.78, 5) is 18.4. The molecule has 4 heteroatoms. The van der Waals surface area contributed by atoms with Crippen molar-refractivity contribution in [1.29, 1.82) is 5.26 Å². The van der Waals surface area contributed by atoms with Crippen molar-refractivity contribution >= 4 is 5.78 Å². The van der Waals surface area contributed by atoms with Crippen molar-refractivity contribution in [3.63, 3.8) is 0 Å². The van der Waals surface area contributed by atoms with Gasteiger partial charge in [-0.1, -0.05) is 0 Å². The summed E-state index contributed by atoms with van der Waals surface area (Å²) in [5, 5.41) is 8.91. The molecule has 0 spiro atoms. The molecule has 1 aromatic heterocycles. The Morgan fingerprint density at radius 2 is 2.30 bits per heavy atom. The average molecular weight is 269 g/mol. The predicted octanol–water partition coefficient (Wildman–Crippen LogP) is 2.29. The molecule has 4 nitrogen and oxygen atoms in total. The van der Waals surface area contributed by atoms with E-state index in [1.807, 2.05) is 12.1 Å². The molecule has 1 saturated carbocycles. The van der Waals surface area contributed by atoms with E-state index >= 15 is 0 Å². The number of likely N-dealkylation sites (tertiary alicyclic amines) is 1. The van der Waals surface area contributed by atoms with E-state index in [4.69, 9.17) is 5.26 Å². The van der Waals surface area contributed by atoms with E-state index in [2.05, 4.69) is 16.0 Å². The maximum absolute atomic E-state index is 12.0. The number of carbonyl (C=O) groups excluding carboxylic acids is 1. The van der Waals surface area contributed by atoms with Crippen LogP contribution in [0.15, 0.2) is 18.3 Å². The van der Waals surface area contributed by atoms with E-state index in [9.17, 15) is 4.79 Å². The van der Waals surface area contributed by atoms with Gasteiger partial charge in [-0.2, -0.15) is 5.26 Å². The van der Waals surface area contributed by atoms with Crippen LogP contribution >= 0.6 is 0 Å². The van der Waals surface area contributed by atoms with Crippen LogP contribution in [-0.2, 0) is 11.3 Å². The minimum Gasteiger partial charge on any atom is -0.299 e. The van der Waals surface area contributed by atoms with E-state index in [0.717, 1.165) is 44.3 Å². The fourth-order valence-electron chi connectivity index (χ4n) is 3.62. The fourth-order valence-corrected chi connectivity index (χ4v) is 3.62. The Kier molecular flexibility index (Phi) is 3.79. The van der Waals surface area contributed by atoms with E-state index in [0.29, 0.717) is 17.5 Å². The highest BCUT2D eigenvalue weighted by Gasteiger charge is 2.37. The summed E-state index contributed by atoms with van der Waals surface area (Å²) in [6, 6.07) is 6.31. The molecule has 0 radical (unpaired) electrons. The summed E-state index contributed by atoms with van der Waals surface area (Å²) < 4.78 is 0. The average Bonchev–Trinajstić information content (AvgIpc) is 3.07. The lowest BCUT2D eigenvalue weighted by molar-refractivity contribution is -0.122. The Bertz CT molecular complexity index is 549. The fraction of sp³-hybridized carbons (Fsp3) is 0.562. The number of nitrogens with zero attached hydrogens (tertiary/aromatic N) is 3. The summed E-state index contributed by atoms with van der Waals surface area (Å²) in [5.74, 6) is 0.698. The Labute approximate surface area is 119 Å². The largest absolute Gasteiger partial charge is 0.299 e. The number of ketones is 1. The van der Waals surface area contributed by atoms with Crippen LogP contribution < -0.4 is 0 Å². The Balaban J connectivity index is 1.72. The number of rotatable bonds is 3. The molecule has 1 aliphatic carbocycles. The minimum atomic E-state index is 0.245. The van der Waals surface area contributed by atoms with Crippen molar-refractivity contribution < 1.29 is 4.79 Å². The molecule has 2 atom stereocenters. The molecule has 104 valence electrons. The van der Waals surface area contributed by atoms with Crippen LogP contribution in [-0.4, -0.2) is 28.3 Å². The van der Waals surface area contributed by atoms with E-state index in [1.165, 1.54) is 6.42 Å². The molecule has 20 heavy (non-hydrogen) atoms. The van der Waals surface area contributed by atoms with Gasteiger partial charge < -0.3 is 0 Å². The molecule has 3 rings (SSSR count). The highest BCUT2D eigenvalue weighted by molar-refractivity contribution is 5.83. The molecule has 1 aromatic rings. The summed E-state index contributed by atoms with van der Waals surface area (Å²) in [6.07, 6.45) is 6.88. The zero-order valence-electron chi connectivity index (χ0n) is 11.6. The smallest absolute Gasteiger partial charge is 0.140 e. The van der Waals surface area contributed by atoms with Crippen molar-refractivity contribution in [2.24, 2.45) is 5.92 Å². The number of carbonyl (C=O) groups is 1. The third-order valence-corrected chi connectivity index (χ3v) is 4.56. The third-order valence-electron chi connectivity index (χ3n) is 4.56. The summed E-state index contributed by atoms with van der Waals surface area (Å²) in [6.45, 7) is 1.88. The first kappa shape index (κ1) is 13.3. The van der Waals surface area contributed by atoms with Gasteiger partial charge in [0, 0.05) is 31.1 Å². The van der Waals surface area contributed by atoms with Crippen molar-refractivity contribution in [2.75, 3.05) is 6.54 Å². The van der Waals surface area contributed by atoms with Crippen molar-refractivity contribution in [3.05, 3.63) is 29.6 Å². The molecule has 0 amide bonds. The standard InChI is InChI=1S/C16H19N3O/c17-10-13-9-12(6-7-18-13)11-19-8-2-4-15(19)14-3-1-5-16(14)20/h6-7,9,14-15H,1-5,8,11H2. The first-order valence-electron chi connectivity index (χ1n) is 7.40. The number of hydrogen-bond donors (Lipinski definition) is 0. The Morgan fingerprint density at radius 1 is 1.40 bits per heavy atom. The molecule has 2 heterocycles. The topological polar surface area (TPSA) is 57.0 Å². The molecule has 1 saturated heterocycles. The third kappa shape index (κ3) is 2.59. The molecule has 1 aliphatic heterocycles. The lowest BCUT2D eigenvalue weighted by Gasteiger charge is -2.28. The molecule has 2 aliphatic rings. The highest BCUT2D eigenvalue weighted by atomic mass is 16.1. The van der Waals surface area contributed by atoms with Crippen LogP contribution in [0, 0.1) is 17.2 Å². The zero-order chi connectivity index (χ0) is 13.9. The molecule has 2 unspecified atom stereocenters. The lowest BCUT2D eigenvalue weighted by Crippen LogP contribution is -2.37. The molecule has 0 N–H and O–H groups in total. The van der Waals surface area contributed by atoms with E-state index in [-0.39, 0.29) is 5.92 Å². The maximum Gasteiger partial charge on any atom is 0.140 e. The molecular formula is C16H19N3O. The number of pyridine rings is 1. The van der Waals surface area contributed by atoms with Crippen molar-refractivity contribution in [3.8, 4) is 6.07 Å². The van der Waals surface area contributed by atoms with Gasteiger partial charge in [0.2, 0.25) is 0 Å². The first-order chi connectivity index (χ1) is 9.78. The second-order valence-corrected chi connectivity index (χ2v) is 5.81. The van der Waals surface area contributed by atoms with Crippen molar-refractivity contribution in [2.45, 2.75) is 44.7 Å². The highest BCUT2D eigenvalue weighted by Crippen LogP contribution is 2.34. The van der Waals surface area contributed by atoms with E-state index < -0.39 is 0 Å². The minimum absolute atomic E-state index is 0.245. The van der Waals surface area contributed by atoms with Gasteiger partial charge in [-0.15, -0.1) is 0 Å². The summed E-state index contributed by atoms with van der Waals surface area (Å²) in [5.41, 5.74) is 1.59. The quantitative estimate of drug-likeness (QED) is 0.844. The number of nitriles is 1. The Morgan fingerprint density at radius 3 is 3.05 bits per heavy atom. The molecule has 2 fully saturated rings. The van der Waals surface area contributed by atoms with Crippen LogP contribution in [0.2, 0.25) is 0 Å². The van der Waals surface area contributed by atoms with Crippen LogP contribution in [0.25, 0.3) is 0 Å². The van der Waals surface area contributed by atoms with Gasteiger partial charge in [-0.05, 0) is 49.9 Å². The molecule has 0 bridgehead atoms. The van der Waals surface area contributed by atoms with Gasteiger partial charge in [0.1, 0.15) is 17.5 Å². The summed E-state index contributed by atoms with van der Waals surface area (Å²) >= 11 is 0. The van der Waals surface area contributed by atoms with Crippen molar-refractivity contribution in [1.82, 2.24) is 9.88 Å². The van der Waals surface area contributed by atoms with Gasteiger partial charge >= 0.3 is 0 Å². The van der Waals surface area contributed by atoms with Crippen LogP contribution in [0.4, 0.5) is 0 Å². The first-order valence-corrected chi connectivity index (χ1v) is 7.40. The monoisotopic (exact) mass is 269 g/mol. The van der Waals surface area contributed by atoms with Gasteiger partial charge in [0.15, 0.2) is 0 Å². The number of hydrogen-bond acceptors (Lipinski definition) is 4. The van der Waals surface area contributed by atoms with Crippen LogP contribution in [0.1, 0.15) is 43.4 Å². The van der Waals surface area contributed by atoms with E-state index in [1.54, 1.807) is 6.20 Å². The van der Waals surface area contributed by atoms with Gasteiger partial charge in [0.05, 0.1) is 0 Å². The van der Waals surface area contributed by atoms with Crippen LogP contribution in [0.3, 0.4) is 0 Å². The number of Topliss-reactive ketones (excluding diaryl/α,β-unsaturated/α-hetero) is 1. The maximum atomic E-state index is 12.0. The molecule has 0 aromatic carbocycles. The van der Waals surface area contributed by atoms with Gasteiger partial charge in [-0.25, -0.2) is 4.98 Å². The Hall–Kier alpha value is -1.73. The summed E-state index contributed by atoms with van der Waals surface area (Å²) in [7, 11) is 0. The second-order valence-electron chi connectivity index (χ2n) is 5.81. The zero-order valence-corrected chi connectivity index (χ0v) is 11.6. The lowest BCUT2D eigenvalue weighted by atomic mass is 9.95. The number of aromatic nitrogens is 1. The SMILES string of the molecule is N#Cc1cc(CN2CCCC2C2CCCC2=O)ccn1.